The zero-order valence-electron chi connectivity index (χ0n) is 13.5. The van der Waals surface area contributed by atoms with Gasteiger partial charge in [0.15, 0.2) is 0 Å². The van der Waals surface area contributed by atoms with Gasteiger partial charge in [-0.1, -0.05) is 0 Å². The summed E-state index contributed by atoms with van der Waals surface area (Å²) in [5.41, 5.74) is 2.21. The monoisotopic (exact) mass is 367 g/mol. The molecule has 1 spiro atoms. The molecule has 22 heavy (non-hydrogen) atoms. The van der Waals surface area contributed by atoms with Crippen LogP contribution in [0.1, 0.15) is 26.3 Å². The lowest BCUT2D eigenvalue weighted by Gasteiger charge is -2.60. The summed E-state index contributed by atoms with van der Waals surface area (Å²) in [6.45, 7) is 11.3. The Bertz CT molecular complexity index is 598. The Morgan fingerprint density at radius 2 is 1.91 bits per heavy atom. The fourth-order valence-electron chi connectivity index (χ4n) is 3.16. The molecular weight excluding hydrogens is 346 g/mol. The number of nitrogens with zero attached hydrogens (tertiary/aromatic N) is 3. The van der Waals surface area contributed by atoms with E-state index in [9.17, 15) is 4.79 Å². The highest BCUT2D eigenvalue weighted by atomic mass is 79.9. The summed E-state index contributed by atoms with van der Waals surface area (Å²) in [5, 5.41) is 0. The van der Waals surface area contributed by atoms with Gasteiger partial charge >= 0.3 is 6.09 Å². The van der Waals surface area contributed by atoms with Crippen LogP contribution in [0.25, 0.3) is 0 Å². The standard InChI is InChI=1S/C16H22BrN3O2/c1-11-12(17)5-18-6-13(11)19-7-16(8-19)9-20(10-16)14(21)22-15(2,3)4/h5-6H,7-10H2,1-4H3. The highest BCUT2D eigenvalue weighted by Gasteiger charge is 2.54. The Morgan fingerprint density at radius 3 is 2.50 bits per heavy atom. The SMILES string of the molecule is Cc1c(Br)cncc1N1CC2(CN(C(=O)OC(C)(C)C)C2)C1. The van der Waals surface area contributed by atoms with Crippen molar-refractivity contribution in [2.24, 2.45) is 5.41 Å². The van der Waals surface area contributed by atoms with E-state index in [2.05, 4.69) is 32.7 Å². The second kappa shape index (κ2) is 5.11. The van der Waals surface area contributed by atoms with Crippen molar-refractivity contribution in [1.29, 1.82) is 0 Å². The van der Waals surface area contributed by atoms with Crippen LogP contribution in [0.5, 0.6) is 0 Å². The third-order valence-electron chi connectivity index (χ3n) is 4.22. The van der Waals surface area contributed by atoms with Crippen molar-refractivity contribution < 1.29 is 9.53 Å². The summed E-state index contributed by atoms with van der Waals surface area (Å²) in [7, 11) is 0. The molecule has 0 saturated carbocycles. The minimum atomic E-state index is -0.426. The van der Waals surface area contributed by atoms with E-state index in [0.717, 1.165) is 30.7 Å². The van der Waals surface area contributed by atoms with Gasteiger partial charge in [0.25, 0.3) is 0 Å². The molecule has 0 bridgehead atoms. The van der Waals surface area contributed by atoms with Crippen LogP contribution < -0.4 is 4.90 Å². The van der Waals surface area contributed by atoms with E-state index in [-0.39, 0.29) is 11.5 Å². The summed E-state index contributed by atoms with van der Waals surface area (Å²) >= 11 is 3.53. The number of carbonyl (C=O) groups is 1. The molecule has 1 aromatic heterocycles. The number of rotatable bonds is 1. The number of anilines is 1. The Labute approximate surface area is 139 Å². The first-order valence-electron chi connectivity index (χ1n) is 7.52. The van der Waals surface area contributed by atoms with Crippen LogP contribution in [0, 0.1) is 12.3 Å². The molecule has 120 valence electrons. The minimum absolute atomic E-state index is 0.197. The first-order chi connectivity index (χ1) is 10.2. The Balaban J connectivity index is 1.55. The molecule has 0 aromatic carbocycles. The van der Waals surface area contributed by atoms with Crippen molar-refractivity contribution in [2.75, 3.05) is 31.1 Å². The summed E-state index contributed by atoms with van der Waals surface area (Å²) in [6.07, 6.45) is 3.54. The van der Waals surface area contributed by atoms with Gasteiger partial charge in [0.1, 0.15) is 5.60 Å². The van der Waals surface area contributed by atoms with E-state index in [1.165, 1.54) is 11.3 Å². The number of carbonyl (C=O) groups excluding carboxylic acids is 1. The zero-order valence-corrected chi connectivity index (χ0v) is 15.1. The molecule has 2 aliphatic heterocycles. The first kappa shape index (κ1) is 15.6. The van der Waals surface area contributed by atoms with Gasteiger partial charge in [-0.3, -0.25) is 4.98 Å². The maximum absolute atomic E-state index is 12.0. The molecule has 2 fully saturated rings. The van der Waals surface area contributed by atoms with Crippen LogP contribution in [0.2, 0.25) is 0 Å². The molecule has 5 nitrogen and oxygen atoms in total. The molecular formula is C16H22BrN3O2. The number of hydrogen-bond acceptors (Lipinski definition) is 4. The lowest BCUT2D eigenvalue weighted by molar-refractivity contribution is -0.0453. The smallest absolute Gasteiger partial charge is 0.410 e. The van der Waals surface area contributed by atoms with E-state index in [1.54, 1.807) is 4.90 Å². The number of pyridine rings is 1. The van der Waals surface area contributed by atoms with E-state index in [1.807, 2.05) is 33.2 Å². The van der Waals surface area contributed by atoms with Gasteiger partial charge in [-0.05, 0) is 49.2 Å². The molecule has 1 aromatic rings. The number of ether oxygens (including phenoxy) is 1. The van der Waals surface area contributed by atoms with Crippen molar-refractivity contribution >= 4 is 27.7 Å². The van der Waals surface area contributed by atoms with Gasteiger partial charge in [-0.15, -0.1) is 0 Å². The van der Waals surface area contributed by atoms with Crippen LogP contribution in [0.15, 0.2) is 16.9 Å². The predicted octanol–water partition coefficient (Wildman–Crippen LogP) is 3.21. The molecule has 0 atom stereocenters. The highest BCUT2D eigenvalue weighted by Crippen LogP contribution is 2.43. The lowest BCUT2D eigenvalue weighted by Crippen LogP contribution is -2.73. The fraction of sp³-hybridized carbons (Fsp3) is 0.625. The van der Waals surface area contributed by atoms with Gasteiger partial charge in [-0.25, -0.2) is 4.79 Å². The van der Waals surface area contributed by atoms with E-state index >= 15 is 0 Å². The number of halogens is 1. The minimum Gasteiger partial charge on any atom is -0.444 e. The van der Waals surface area contributed by atoms with Crippen molar-refractivity contribution in [1.82, 2.24) is 9.88 Å². The predicted molar refractivity (Wildman–Crippen MR) is 89.1 cm³/mol. The second-order valence-electron chi connectivity index (χ2n) is 7.46. The fourth-order valence-corrected chi connectivity index (χ4v) is 3.48. The molecule has 0 aliphatic carbocycles. The second-order valence-corrected chi connectivity index (χ2v) is 8.31. The quantitative estimate of drug-likeness (QED) is 0.764. The normalized spacial score (nSPS) is 19.7. The molecule has 0 N–H and O–H groups in total. The van der Waals surface area contributed by atoms with Gasteiger partial charge in [0.05, 0.1) is 11.9 Å². The molecule has 2 aliphatic rings. The molecule has 3 rings (SSSR count). The van der Waals surface area contributed by atoms with E-state index < -0.39 is 5.60 Å². The molecule has 2 saturated heterocycles. The number of likely N-dealkylation sites (tertiary alicyclic amines) is 1. The lowest BCUT2D eigenvalue weighted by atomic mass is 9.72. The Hall–Kier alpha value is -1.30. The van der Waals surface area contributed by atoms with E-state index in [4.69, 9.17) is 4.74 Å². The summed E-state index contributed by atoms with van der Waals surface area (Å²) in [4.78, 5) is 20.4. The van der Waals surface area contributed by atoms with Gasteiger partial charge in [-0.2, -0.15) is 0 Å². The van der Waals surface area contributed by atoms with Crippen LogP contribution in [-0.2, 0) is 4.74 Å². The topological polar surface area (TPSA) is 45.7 Å². The van der Waals surface area contributed by atoms with Crippen molar-refractivity contribution in [3.8, 4) is 0 Å². The number of amides is 1. The van der Waals surface area contributed by atoms with Crippen molar-refractivity contribution in [3.05, 3.63) is 22.4 Å². The maximum atomic E-state index is 12.0. The average Bonchev–Trinajstić information content (AvgIpc) is 2.28. The van der Waals surface area contributed by atoms with Crippen LogP contribution in [0.3, 0.4) is 0 Å². The average molecular weight is 368 g/mol. The molecule has 6 heteroatoms. The third kappa shape index (κ3) is 2.81. The van der Waals surface area contributed by atoms with Crippen molar-refractivity contribution in [2.45, 2.75) is 33.3 Å². The third-order valence-corrected chi connectivity index (χ3v) is 5.02. The van der Waals surface area contributed by atoms with Gasteiger partial charge < -0.3 is 14.5 Å². The van der Waals surface area contributed by atoms with Gasteiger partial charge in [0, 0.05) is 42.3 Å². The number of aromatic nitrogens is 1. The largest absolute Gasteiger partial charge is 0.444 e. The molecule has 0 unspecified atom stereocenters. The first-order valence-corrected chi connectivity index (χ1v) is 8.31. The highest BCUT2D eigenvalue weighted by molar-refractivity contribution is 9.10. The van der Waals surface area contributed by atoms with Crippen molar-refractivity contribution in [3.63, 3.8) is 0 Å². The molecule has 0 radical (unpaired) electrons. The zero-order chi connectivity index (χ0) is 16.1. The van der Waals surface area contributed by atoms with E-state index in [0.29, 0.717) is 0 Å². The summed E-state index contributed by atoms with van der Waals surface area (Å²) in [5.74, 6) is 0. The molecule has 1 amide bonds. The summed E-state index contributed by atoms with van der Waals surface area (Å²) in [6, 6.07) is 0. The number of hydrogen-bond donors (Lipinski definition) is 0. The Kier molecular flexibility index (Phi) is 3.62. The summed E-state index contributed by atoms with van der Waals surface area (Å²) < 4.78 is 6.44. The maximum Gasteiger partial charge on any atom is 0.410 e. The van der Waals surface area contributed by atoms with Crippen LogP contribution in [0.4, 0.5) is 10.5 Å². The molecule has 3 heterocycles. The van der Waals surface area contributed by atoms with Gasteiger partial charge in [0.2, 0.25) is 0 Å². The van der Waals surface area contributed by atoms with Crippen LogP contribution >= 0.6 is 15.9 Å². The Morgan fingerprint density at radius 1 is 1.27 bits per heavy atom. The van der Waals surface area contributed by atoms with Crippen LogP contribution in [-0.4, -0.2) is 47.8 Å².